The van der Waals surface area contributed by atoms with Crippen molar-refractivity contribution in [1.82, 2.24) is 0 Å². The molecule has 0 aromatic heterocycles. The zero-order valence-corrected chi connectivity index (χ0v) is 11.1. The number of hydrogen-bond donors (Lipinski definition) is 1. The lowest BCUT2D eigenvalue weighted by atomic mass is 9.82. The van der Waals surface area contributed by atoms with Gasteiger partial charge in [0.05, 0.1) is 6.61 Å². The fourth-order valence-electron chi connectivity index (χ4n) is 1.92. The van der Waals surface area contributed by atoms with Gasteiger partial charge in [0.15, 0.2) is 0 Å². The summed E-state index contributed by atoms with van der Waals surface area (Å²) in [5, 5.41) is 11.9. The molecule has 0 fully saturated rings. The molecule has 1 N–H and O–H groups in total. The summed E-state index contributed by atoms with van der Waals surface area (Å²) in [4.78, 5) is 0. The minimum atomic E-state index is -0.208. The first-order chi connectivity index (χ1) is 7.54. The largest absolute Gasteiger partial charge is 0.395 e. The zero-order valence-electron chi connectivity index (χ0n) is 9.50. The summed E-state index contributed by atoms with van der Waals surface area (Å²) in [6.45, 7) is 4.27. The highest BCUT2D eigenvalue weighted by Crippen LogP contribution is 2.31. The van der Waals surface area contributed by atoms with Crippen molar-refractivity contribution >= 4 is 26.7 Å². The van der Waals surface area contributed by atoms with Gasteiger partial charge >= 0.3 is 0 Å². The van der Waals surface area contributed by atoms with Gasteiger partial charge in [-0.1, -0.05) is 54.0 Å². The molecular formula is C14H15BrO. The number of fused-ring (bicyclic) bond motifs is 1. The normalized spacial score (nSPS) is 12.0. The smallest absolute Gasteiger partial charge is 0.0522 e. The lowest BCUT2D eigenvalue weighted by Gasteiger charge is -2.24. The first-order valence-electron chi connectivity index (χ1n) is 5.34. The van der Waals surface area contributed by atoms with Crippen molar-refractivity contribution in [3.05, 3.63) is 46.4 Å². The Kier molecular flexibility index (Phi) is 3.04. The molecule has 2 aromatic carbocycles. The lowest BCUT2D eigenvalue weighted by molar-refractivity contribution is 0.219. The third-order valence-corrected chi connectivity index (χ3v) is 3.46. The van der Waals surface area contributed by atoms with Gasteiger partial charge in [-0.2, -0.15) is 0 Å². The van der Waals surface area contributed by atoms with Crippen LogP contribution in [0.15, 0.2) is 40.9 Å². The van der Waals surface area contributed by atoms with Crippen LogP contribution in [0.4, 0.5) is 0 Å². The van der Waals surface area contributed by atoms with E-state index in [0.717, 1.165) is 4.47 Å². The molecule has 84 valence electrons. The van der Waals surface area contributed by atoms with Crippen LogP contribution in [0.3, 0.4) is 0 Å². The van der Waals surface area contributed by atoms with Crippen molar-refractivity contribution in [2.24, 2.45) is 0 Å². The van der Waals surface area contributed by atoms with Crippen molar-refractivity contribution in [3.63, 3.8) is 0 Å². The number of aliphatic hydroxyl groups excluding tert-OH is 1. The minimum Gasteiger partial charge on any atom is -0.395 e. The molecule has 0 saturated heterocycles. The van der Waals surface area contributed by atoms with E-state index in [1.807, 2.05) is 12.1 Å². The molecule has 16 heavy (non-hydrogen) atoms. The van der Waals surface area contributed by atoms with Crippen LogP contribution in [0.5, 0.6) is 0 Å². The maximum Gasteiger partial charge on any atom is 0.0522 e. The molecule has 0 radical (unpaired) electrons. The van der Waals surface area contributed by atoms with E-state index >= 15 is 0 Å². The standard InChI is InChI=1S/C14H15BrO/c1-14(2,9-16)13-5-3-4-10-6-7-11(15)8-12(10)13/h3-8,16H,9H2,1-2H3. The van der Waals surface area contributed by atoms with Crippen molar-refractivity contribution in [1.29, 1.82) is 0 Å². The van der Waals surface area contributed by atoms with Crippen molar-refractivity contribution in [2.45, 2.75) is 19.3 Å². The molecule has 0 atom stereocenters. The van der Waals surface area contributed by atoms with Gasteiger partial charge in [-0.25, -0.2) is 0 Å². The number of halogens is 1. The number of hydrogen-bond acceptors (Lipinski definition) is 1. The van der Waals surface area contributed by atoms with Crippen LogP contribution < -0.4 is 0 Å². The highest BCUT2D eigenvalue weighted by molar-refractivity contribution is 9.10. The van der Waals surface area contributed by atoms with Crippen LogP contribution in [-0.2, 0) is 5.41 Å². The molecule has 0 spiro atoms. The second-order valence-corrected chi connectivity index (χ2v) is 5.63. The Morgan fingerprint density at radius 2 is 1.94 bits per heavy atom. The van der Waals surface area contributed by atoms with E-state index in [-0.39, 0.29) is 12.0 Å². The number of rotatable bonds is 2. The predicted molar refractivity (Wildman–Crippen MR) is 71.8 cm³/mol. The Labute approximate surface area is 104 Å². The summed E-state index contributed by atoms with van der Waals surface area (Å²) in [5.74, 6) is 0. The molecule has 2 rings (SSSR count). The molecule has 0 bridgehead atoms. The van der Waals surface area contributed by atoms with Gasteiger partial charge in [0.1, 0.15) is 0 Å². The Bertz CT molecular complexity index is 517. The van der Waals surface area contributed by atoms with Crippen LogP contribution in [0.2, 0.25) is 0 Å². The molecule has 0 heterocycles. The lowest BCUT2D eigenvalue weighted by Crippen LogP contribution is -2.22. The molecule has 0 aliphatic heterocycles. The number of aliphatic hydroxyl groups is 1. The molecule has 0 aliphatic rings. The van der Waals surface area contributed by atoms with Gasteiger partial charge in [0, 0.05) is 9.89 Å². The molecule has 2 aromatic rings. The average molecular weight is 279 g/mol. The summed E-state index contributed by atoms with van der Waals surface area (Å²) in [6, 6.07) is 12.5. The van der Waals surface area contributed by atoms with Crippen LogP contribution in [0, 0.1) is 0 Å². The zero-order chi connectivity index (χ0) is 11.8. The van der Waals surface area contributed by atoms with Gasteiger partial charge in [-0.15, -0.1) is 0 Å². The fourth-order valence-corrected chi connectivity index (χ4v) is 2.28. The maximum absolute atomic E-state index is 9.46. The first-order valence-corrected chi connectivity index (χ1v) is 6.13. The molecule has 2 heteroatoms. The minimum absolute atomic E-state index is 0.151. The highest BCUT2D eigenvalue weighted by Gasteiger charge is 2.21. The van der Waals surface area contributed by atoms with Crippen molar-refractivity contribution in [3.8, 4) is 0 Å². The Morgan fingerprint density at radius 3 is 2.62 bits per heavy atom. The first kappa shape index (κ1) is 11.6. The summed E-state index contributed by atoms with van der Waals surface area (Å²) >= 11 is 3.49. The van der Waals surface area contributed by atoms with Gasteiger partial charge in [-0.3, -0.25) is 0 Å². The summed E-state index contributed by atoms with van der Waals surface area (Å²) in [7, 11) is 0. The maximum atomic E-state index is 9.46. The van der Waals surface area contributed by atoms with E-state index < -0.39 is 0 Å². The van der Waals surface area contributed by atoms with E-state index in [2.05, 4.69) is 54.0 Å². The van der Waals surface area contributed by atoms with E-state index in [1.54, 1.807) is 0 Å². The van der Waals surface area contributed by atoms with Crippen molar-refractivity contribution in [2.75, 3.05) is 6.61 Å². The van der Waals surface area contributed by atoms with Gasteiger partial charge in [0.25, 0.3) is 0 Å². The molecule has 1 nitrogen and oxygen atoms in total. The molecule has 0 aliphatic carbocycles. The van der Waals surface area contributed by atoms with Gasteiger partial charge < -0.3 is 5.11 Å². The molecule has 0 saturated carbocycles. The Hall–Kier alpha value is -0.860. The summed E-state index contributed by atoms with van der Waals surface area (Å²) in [6.07, 6.45) is 0. The van der Waals surface area contributed by atoms with Crippen LogP contribution in [0.25, 0.3) is 10.8 Å². The second-order valence-electron chi connectivity index (χ2n) is 4.71. The second kappa shape index (κ2) is 4.19. The third-order valence-electron chi connectivity index (χ3n) is 2.97. The Morgan fingerprint density at radius 1 is 1.19 bits per heavy atom. The van der Waals surface area contributed by atoms with Gasteiger partial charge in [0.2, 0.25) is 0 Å². The van der Waals surface area contributed by atoms with E-state index in [1.165, 1.54) is 16.3 Å². The van der Waals surface area contributed by atoms with E-state index in [0.29, 0.717) is 0 Å². The van der Waals surface area contributed by atoms with Crippen LogP contribution in [-0.4, -0.2) is 11.7 Å². The van der Waals surface area contributed by atoms with Gasteiger partial charge in [-0.05, 0) is 28.5 Å². The quantitative estimate of drug-likeness (QED) is 0.884. The summed E-state index contributed by atoms with van der Waals surface area (Å²) < 4.78 is 1.07. The third kappa shape index (κ3) is 2.00. The number of benzene rings is 2. The predicted octanol–water partition coefficient (Wildman–Crippen LogP) is 3.87. The van der Waals surface area contributed by atoms with Crippen LogP contribution >= 0.6 is 15.9 Å². The topological polar surface area (TPSA) is 20.2 Å². The van der Waals surface area contributed by atoms with Crippen molar-refractivity contribution < 1.29 is 5.11 Å². The highest BCUT2D eigenvalue weighted by atomic mass is 79.9. The monoisotopic (exact) mass is 278 g/mol. The van der Waals surface area contributed by atoms with E-state index in [9.17, 15) is 5.11 Å². The van der Waals surface area contributed by atoms with E-state index in [4.69, 9.17) is 0 Å². The Balaban J connectivity index is 2.74. The van der Waals surface area contributed by atoms with Crippen LogP contribution in [0.1, 0.15) is 19.4 Å². The summed E-state index contributed by atoms with van der Waals surface area (Å²) in [5.41, 5.74) is 0.981. The SMILES string of the molecule is CC(C)(CO)c1cccc2ccc(Br)cc12. The average Bonchev–Trinajstić information content (AvgIpc) is 2.28. The molecule has 0 amide bonds. The molecular weight excluding hydrogens is 264 g/mol. The molecule has 0 unspecified atom stereocenters. The fraction of sp³-hybridized carbons (Fsp3) is 0.286.